The number of nitrogens with one attached hydrogen (secondary N) is 1. The Hall–Kier alpha value is -1.05. The summed E-state index contributed by atoms with van der Waals surface area (Å²) in [5.74, 6) is 0.539. The molecule has 0 saturated carbocycles. The topological polar surface area (TPSA) is 32.9 Å². The number of rotatable bonds is 2. The van der Waals surface area contributed by atoms with E-state index in [9.17, 15) is 4.79 Å². The molecular weight excluding hydrogens is 162 g/mol. The van der Waals surface area contributed by atoms with E-state index in [-0.39, 0.29) is 5.78 Å². The number of H-pyrrole nitrogens is 1. The van der Waals surface area contributed by atoms with Crippen molar-refractivity contribution in [3.05, 3.63) is 22.5 Å². The van der Waals surface area contributed by atoms with Crippen molar-refractivity contribution in [2.75, 3.05) is 0 Å². The van der Waals surface area contributed by atoms with Gasteiger partial charge in [-0.3, -0.25) is 4.79 Å². The SMILES string of the molecule is CC(=O)c1c(C(C)C)[nH]c(C)c1C. The van der Waals surface area contributed by atoms with Crippen molar-refractivity contribution in [3.8, 4) is 0 Å². The first-order chi connectivity index (χ1) is 5.95. The van der Waals surface area contributed by atoms with Gasteiger partial charge in [0.25, 0.3) is 0 Å². The molecule has 0 radical (unpaired) electrons. The summed E-state index contributed by atoms with van der Waals surface area (Å²) in [6, 6.07) is 0. The summed E-state index contributed by atoms with van der Waals surface area (Å²) in [5.41, 5.74) is 4.15. The molecule has 0 bridgehead atoms. The molecule has 0 atom stereocenters. The van der Waals surface area contributed by atoms with E-state index >= 15 is 0 Å². The standard InChI is InChI=1S/C11H17NO/c1-6(2)11-10(9(5)13)7(3)8(4)12-11/h6,12H,1-5H3. The van der Waals surface area contributed by atoms with Gasteiger partial charge in [-0.15, -0.1) is 0 Å². The maximum atomic E-state index is 11.4. The molecule has 0 amide bonds. The lowest BCUT2D eigenvalue weighted by molar-refractivity contribution is 0.101. The van der Waals surface area contributed by atoms with Crippen LogP contribution in [0.5, 0.6) is 0 Å². The number of Topliss-reactive ketones (excluding diaryl/α,β-unsaturated/α-hetero) is 1. The fourth-order valence-electron chi connectivity index (χ4n) is 1.63. The first-order valence-corrected chi connectivity index (χ1v) is 4.65. The lowest BCUT2D eigenvalue weighted by atomic mass is 10.0. The van der Waals surface area contributed by atoms with Crippen LogP contribution in [0.3, 0.4) is 0 Å². The number of carbonyl (C=O) groups is 1. The first-order valence-electron chi connectivity index (χ1n) is 4.65. The summed E-state index contributed by atoms with van der Waals surface area (Å²) in [7, 11) is 0. The summed E-state index contributed by atoms with van der Waals surface area (Å²) in [4.78, 5) is 14.7. The molecule has 0 aliphatic rings. The molecule has 2 heteroatoms. The van der Waals surface area contributed by atoms with E-state index in [2.05, 4.69) is 18.8 Å². The second-order valence-corrected chi connectivity index (χ2v) is 3.87. The summed E-state index contributed by atoms with van der Waals surface area (Å²) < 4.78 is 0. The number of aromatic amines is 1. The van der Waals surface area contributed by atoms with Crippen LogP contribution in [0.15, 0.2) is 0 Å². The molecule has 0 aliphatic heterocycles. The minimum Gasteiger partial charge on any atom is -0.361 e. The van der Waals surface area contributed by atoms with Gasteiger partial charge in [-0.1, -0.05) is 13.8 Å². The van der Waals surface area contributed by atoms with Crippen molar-refractivity contribution in [2.24, 2.45) is 0 Å². The predicted octanol–water partition coefficient (Wildman–Crippen LogP) is 2.96. The van der Waals surface area contributed by atoms with Crippen molar-refractivity contribution < 1.29 is 4.79 Å². The van der Waals surface area contributed by atoms with Gasteiger partial charge in [-0.2, -0.15) is 0 Å². The highest BCUT2D eigenvalue weighted by Gasteiger charge is 2.17. The summed E-state index contributed by atoms with van der Waals surface area (Å²) >= 11 is 0. The van der Waals surface area contributed by atoms with Gasteiger partial charge in [0.15, 0.2) is 5.78 Å². The Labute approximate surface area is 79.4 Å². The lowest BCUT2D eigenvalue weighted by Gasteiger charge is -2.04. The third-order valence-corrected chi connectivity index (χ3v) is 2.46. The van der Waals surface area contributed by atoms with Crippen LogP contribution in [0.25, 0.3) is 0 Å². The number of hydrogen-bond acceptors (Lipinski definition) is 1. The maximum Gasteiger partial charge on any atom is 0.161 e. The Bertz CT molecular complexity index is 334. The number of aromatic nitrogens is 1. The second-order valence-electron chi connectivity index (χ2n) is 3.87. The van der Waals surface area contributed by atoms with E-state index in [0.717, 1.165) is 22.5 Å². The molecule has 0 aliphatic carbocycles. The summed E-state index contributed by atoms with van der Waals surface area (Å²) in [6.07, 6.45) is 0. The molecule has 0 unspecified atom stereocenters. The van der Waals surface area contributed by atoms with Gasteiger partial charge in [-0.25, -0.2) is 0 Å². The van der Waals surface area contributed by atoms with Crippen molar-refractivity contribution >= 4 is 5.78 Å². The Balaban J connectivity index is 3.35. The average molecular weight is 179 g/mol. The minimum atomic E-state index is 0.158. The monoisotopic (exact) mass is 179 g/mol. The first kappa shape index (κ1) is 10.0. The van der Waals surface area contributed by atoms with Crippen molar-refractivity contribution in [3.63, 3.8) is 0 Å². The Morgan fingerprint density at radius 2 is 1.85 bits per heavy atom. The van der Waals surface area contributed by atoms with Gasteiger partial charge in [0.05, 0.1) is 0 Å². The highest BCUT2D eigenvalue weighted by Crippen LogP contribution is 2.24. The maximum absolute atomic E-state index is 11.4. The molecule has 0 spiro atoms. The Morgan fingerprint density at radius 3 is 2.15 bits per heavy atom. The van der Waals surface area contributed by atoms with Crippen molar-refractivity contribution in [1.82, 2.24) is 4.98 Å². The van der Waals surface area contributed by atoms with Crippen LogP contribution < -0.4 is 0 Å². The van der Waals surface area contributed by atoms with Crippen molar-refractivity contribution in [1.29, 1.82) is 0 Å². The zero-order chi connectivity index (χ0) is 10.2. The molecule has 0 aromatic carbocycles. The number of hydrogen-bond donors (Lipinski definition) is 1. The number of aryl methyl sites for hydroxylation is 1. The van der Waals surface area contributed by atoms with Gasteiger partial charge in [0, 0.05) is 17.0 Å². The molecule has 1 aromatic heterocycles. The van der Waals surface area contributed by atoms with Gasteiger partial charge >= 0.3 is 0 Å². The van der Waals surface area contributed by atoms with Gasteiger partial charge in [-0.05, 0) is 32.3 Å². The summed E-state index contributed by atoms with van der Waals surface area (Å²) in [5, 5.41) is 0. The number of ketones is 1. The normalized spacial score (nSPS) is 10.9. The molecule has 1 rings (SSSR count). The predicted molar refractivity (Wildman–Crippen MR) is 54.4 cm³/mol. The molecular formula is C11H17NO. The number of carbonyl (C=O) groups excluding carboxylic acids is 1. The van der Waals surface area contributed by atoms with Crippen LogP contribution in [-0.4, -0.2) is 10.8 Å². The Kier molecular flexibility index (Phi) is 2.60. The smallest absolute Gasteiger partial charge is 0.161 e. The van der Waals surface area contributed by atoms with Crippen LogP contribution in [0.2, 0.25) is 0 Å². The van der Waals surface area contributed by atoms with E-state index in [4.69, 9.17) is 0 Å². The van der Waals surface area contributed by atoms with Crippen LogP contribution in [0.4, 0.5) is 0 Å². The van der Waals surface area contributed by atoms with E-state index in [1.54, 1.807) is 6.92 Å². The van der Waals surface area contributed by atoms with Gasteiger partial charge < -0.3 is 4.98 Å². The fourth-order valence-corrected chi connectivity index (χ4v) is 1.63. The molecule has 1 N–H and O–H groups in total. The molecule has 0 fully saturated rings. The van der Waals surface area contributed by atoms with Crippen LogP contribution in [-0.2, 0) is 0 Å². The third-order valence-electron chi connectivity index (χ3n) is 2.46. The molecule has 1 heterocycles. The highest BCUT2D eigenvalue weighted by molar-refractivity contribution is 5.97. The quantitative estimate of drug-likeness (QED) is 0.695. The van der Waals surface area contributed by atoms with E-state index in [1.165, 1.54) is 0 Å². The van der Waals surface area contributed by atoms with Crippen molar-refractivity contribution in [2.45, 2.75) is 40.5 Å². The van der Waals surface area contributed by atoms with Gasteiger partial charge in [0.1, 0.15) is 0 Å². The zero-order valence-corrected chi connectivity index (χ0v) is 8.99. The average Bonchev–Trinajstić information content (AvgIpc) is 2.28. The van der Waals surface area contributed by atoms with E-state index < -0.39 is 0 Å². The molecule has 0 saturated heterocycles. The molecule has 1 aromatic rings. The lowest BCUT2D eigenvalue weighted by Crippen LogP contribution is -2.00. The van der Waals surface area contributed by atoms with Gasteiger partial charge in [0.2, 0.25) is 0 Å². The van der Waals surface area contributed by atoms with Crippen LogP contribution in [0.1, 0.15) is 54.0 Å². The minimum absolute atomic E-state index is 0.158. The molecule has 13 heavy (non-hydrogen) atoms. The molecule has 72 valence electrons. The second kappa shape index (κ2) is 3.36. The summed E-state index contributed by atoms with van der Waals surface area (Å²) in [6.45, 7) is 9.82. The third kappa shape index (κ3) is 1.67. The zero-order valence-electron chi connectivity index (χ0n) is 8.99. The fraction of sp³-hybridized carbons (Fsp3) is 0.545. The van der Waals surface area contributed by atoms with E-state index in [1.807, 2.05) is 13.8 Å². The molecule has 2 nitrogen and oxygen atoms in total. The Morgan fingerprint density at radius 1 is 1.31 bits per heavy atom. The van der Waals surface area contributed by atoms with Crippen LogP contribution >= 0.6 is 0 Å². The largest absolute Gasteiger partial charge is 0.361 e. The van der Waals surface area contributed by atoms with E-state index in [0.29, 0.717) is 5.92 Å². The van der Waals surface area contributed by atoms with Crippen LogP contribution in [0, 0.1) is 13.8 Å². The highest BCUT2D eigenvalue weighted by atomic mass is 16.1.